The Balaban J connectivity index is 2.04. The number of aliphatic imine (C=N–C) groups is 1. The third-order valence-electron chi connectivity index (χ3n) is 3.74. The van der Waals surface area contributed by atoms with Crippen molar-refractivity contribution in [1.29, 1.82) is 0 Å². The van der Waals surface area contributed by atoms with Crippen molar-refractivity contribution in [3.8, 4) is 5.75 Å². The van der Waals surface area contributed by atoms with E-state index >= 15 is 0 Å². The maximum atomic E-state index is 5.83. The number of nitrogens with one attached hydrogen (secondary N) is 2. The van der Waals surface area contributed by atoms with Crippen LogP contribution in [-0.2, 0) is 24.9 Å². The van der Waals surface area contributed by atoms with Gasteiger partial charge < -0.3 is 24.7 Å². The molecule has 0 aliphatic heterocycles. The molecule has 2 N–H and O–H groups in total. The van der Waals surface area contributed by atoms with Crippen LogP contribution in [0.1, 0.15) is 23.9 Å². The Bertz CT molecular complexity index is 713. The number of benzene rings is 1. The lowest BCUT2D eigenvalue weighted by Gasteiger charge is -2.13. The third kappa shape index (κ3) is 6.03. The molecule has 0 amide bonds. The average molecular weight is 360 g/mol. The molecule has 0 aliphatic carbocycles. The molecule has 0 saturated heterocycles. The highest BCUT2D eigenvalue weighted by molar-refractivity contribution is 5.79. The zero-order valence-electron chi connectivity index (χ0n) is 16.0. The van der Waals surface area contributed by atoms with Crippen molar-refractivity contribution in [3.63, 3.8) is 0 Å². The summed E-state index contributed by atoms with van der Waals surface area (Å²) in [5.74, 6) is 2.41. The van der Waals surface area contributed by atoms with Crippen LogP contribution < -0.4 is 15.4 Å². The molecule has 8 nitrogen and oxygen atoms in total. The number of methoxy groups -OCH3 is 1. The summed E-state index contributed by atoms with van der Waals surface area (Å²) in [5, 5.41) is 14.5. The van der Waals surface area contributed by atoms with Gasteiger partial charge in [0, 0.05) is 26.3 Å². The van der Waals surface area contributed by atoms with Gasteiger partial charge in [-0.05, 0) is 25.5 Å². The molecule has 1 aromatic carbocycles. The van der Waals surface area contributed by atoms with Crippen molar-refractivity contribution in [2.45, 2.75) is 26.9 Å². The normalized spacial score (nSPS) is 11.5. The van der Waals surface area contributed by atoms with Crippen LogP contribution in [0.2, 0.25) is 0 Å². The highest BCUT2D eigenvalue weighted by Gasteiger charge is 2.06. The summed E-state index contributed by atoms with van der Waals surface area (Å²) in [7, 11) is 3.58. The second kappa shape index (κ2) is 10.4. The fourth-order valence-electron chi connectivity index (χ4n) is 2.30. The summed E-state index contributed by atoms with van der Waals surface area (Å²) >= 11 is 0. The van der Waals surface area contributed by atoms with Crippen LogP contribution in [0.5, 0.6) is 5.75 Å². The molecule has 0 unspecified atom stereocenters. The summed E-state index contributed by atoms with van der Waals surface area (Å²) in [6.45, 7) is 6.98. The van der Waals surface area contributed by atoms with Gasteiger partial charge in [0.2, 0.25) is 0 Å². The molecule has 26 heavy (non-hydrogen) atoms. The number of rotatable bonds is 9. The van der Waals surface area contributed by atoms with Gasteiger partial charge in [-0.25, -0.2) is 4.99 Å². The Hall–Kier alpha value is -2.61. The maximum absolute atomic E-state index is 5.83. The van der Waals surface area contributed by atoms with E-state index in [0.717, 1.165) is 35.2 Å². The number of aromatic nitrogens is 3. The molecule has 1 heterocycles. The van der Waals surface area contributed by atoms with Crippen molar-refractivity contribution in [2.75, 3.05) is 26.9 Å². The van der Waals surface area contributed by atoms with Crippen LogP contribution in [0.3, 0.4) is 0 Å². The maximum Gasteiger partial charge on any atom is 0.191 e. The Labute approximate surface area is 154 Å². The Morgan fingerprint density at radius 3 is 2.81 bits per heavy atom. The summed E-state index contributed by atoms with van der Waals surface area (Å²) in [4.78, 5) is 4.66. The molecule has 8 heteroatoms. The molecule has 0 fully saturated rings. The van der Waals surface area contributed by atoms with Crippen LogP contribution in [-0.4, -0.2) is 47.6 Å². The minimum atomic E-state index is 0.511. The lowest BCUT2D eigenvalue weighted by atomic mass is 10.1. The van der Waals surface area contributed by atoms with Gasteiger partial charge in [-0.15, -0.1) is 10.2 Å². The molecule has 0 saturated carbocycles. The standard InChI is InChI=1S/C18H28N6O2/c1-5-19-18(21-12-17-23-22-13-24(17)3)20-11-15-7-6-14(2)10-16(15)26-9-8-25-4/h6-7,10,13H,5,8-9,11-12H2,1-4H3,(H2,19,20,21). The zero-order chi connectivity index (χ0) is 18.8. The second-order valence-corrected chi connectivity index (χ2v) is 5.86. The minimum Gasteiger partial charge on any atom is -0.491 e. The van der Waals surface area contributed by atoms with E-state index in [1.54, 1.807) is 13.4 Å². The number of hydrogen-bond acceptors (Lipinski definition) is 5. The van der Waals surface area contributed by atoms with Gasteiger partial charge in [-0.1, -0.05) is 12.1 Å². The molecular weight excluding hydrogens is 332 g/mol. The van der Waals surface area contributed by atoms with Crippen LogP contribution in [0.25, 0.3) is 0 Å². The Kier molecular flexibility index (Phi) is 7.88. The lowest BCUT2D eigenvalue weighted by molar-refractivity contribution is 0.145. The molecular formula is C18H28N6O2. The van der Waals surface area contributed by atoms with Crippen molar-refractivity contribution in [1.82, 2.24) is 25.4 Å². The average Bonchev–Trinajstić information content (AvgIpc) is 3.04. The van der Waals surface area contributed by atoms with E-state index in [0.29, 0.717) is 26.3 Å². The monoisotopic (exact) mass is 360 g/mol. The predicted molar refractivity (Wildman–Crippen MR) is 101 cm³/mol. The molecule has 0 bridgehead atoms. The first-order valence-corrected chi connectivity index (χ1v) is 8.70. The van der Waals surface area contributed by atoms with Gasteiger partial charge in [-0.2, -0.15) is 0 Å². The highest BCUT2D eigenvalue weighted by Crippen LogP contribution is 2.21. The molecule has 142 valence electrons. The van der Waals surface area contributed by atoms with Gasteiger partial charge in [0.05, 0.1) is 19.7 Å². The number of hydrogen-bond donors (Lipinski definition) is 2. The highest BCUT2D eigenvalue weighted by atomic mass is 16.5. The van der Waals surface area contributed by atoms with E-state index < -0.39 is 0 Å². The van der Waals surface area contributed by atoms with Crippen molar-refractivity contribution < 1.29 is 9.47 Å². The molecule has 2 rings (SSSR count). The number of nitrogens with zero attached hydrogens (tertiary/aromatic N) is 4. The zero-order valence-corrected chi connectivity index (χ0v) is 16.0. The van der Waals surface area contributed by atoms with E-state index in [-0.39, 0.29) is 0 Å². The summed E-state index contributed by atoms with van der Waals surface area (Å²) in [6, 6.07) is 6.14. The van der Waals surface area contributed by atoms with Gasteiger partial charge in [0.25, 0.3) is 0 Å². The van der Waals surface area contributed by atoms with Gasteiger partial charge >= 0.3 is 0 Å². The van der Waals surface area contributed by atoms with Crippen molar-refractivity contribution in [2.24, 2.45) is 12.0 Å². The smallest absolute Gasteiger partial charge is 0.191 e. The first kappa shape index (κ1) is 19.7. The first-order chi connectivity index (χ1) is 12.6. The predicted octanol–water partition coefficient (Wildman–Crippen LogP) is 1.40. The van der Waals surface area contributed by atoms with Crippen LogP contribution in [0, 0.1) is 6.92 Å². The van der Waals surface area contributed by atoms with Gasteiger partial charge in [-0.3, -0.25) is 0 Å². The van der Waals surface area contributed by atoms with Gasteiger partial charge in [0.15, 0.2) is 11.8 Å². The third-order valence-corrected chi connectivity index (χ3v) is 3.74. The molecule has 0 spiro atoms. The summed E-state index contributed by atoms with van der Waals surface area (Å²) in [5.41, 5.74) is 2.18. The van der Waals surface area contributed by atoms with Crippen molar-refractivity contribution in [3.05, 3.63) is 41.5 Å². The first-order valence-electron chi connectivity index (χ1n) is 8.70. The SMILES string of the molecule is CCNC(=NCc1ccc(C)cc1OCCOC)NCc1nncn1C. The van der Waals surface area contributed by atoms with Crippen LogP contribution in [0.4, 0.5) is 0 Å². The van der Waals surface area contributed by atoms with E-state index in [9.17, 15) is 0 Å². The topological polar surface area (TPSA) is 85.6 Å². The van der Waals surface area contributed by atoms with E-state index in [1.165, 1.54) is 0 Å². The quantitative estimate of drug-likeness (QED) is 0.399. The van der Waals surface area contributed by atoms with Crippen molar-refractivity contribution >= 4 is 5.96 Å². The molecule has 0 aliphatic rings. The summed E-state index contributed by atoms with van der Waals surface area (Å²) < 4.78 is 12.8. The van der Waals surface area contributed by atoms with Crippen LogP contribution >= 0.6 is 0 Å². The van der Waals surface area contributed by atoms with Gasteiger partial charge in [0.1, 0.15) is 18.7 Å². The fraction of sp³-hybridized carbons (Fsp3) is 0.500. The second-order valence-electron chi connectivity index (χ2n) is 5.86. The minimum absolute atomic E-state index is 0.511. The fourth-order valence-corrected chi connectivity index (χ4v) is 2.30. The number of guanidine groups is 1. The molecule has 1 aromatic heterocycles. The molecule has 0 atom stereocenters. The van der Waals surface area contributed by atoms with E-state index in [4.69, 9.17) is 9.47 Å². The van der Waals surface area contributed by atoms with E-state index in [2.05, 4.69) is 31.9 Å². The summed E-state index contributed by atoms with van der Waals surface area (Å²) in [6.07, 6.45) is 1.68. The molecule has 2 aromatic rings. The van der Waals surface area contributed by atoms with Crippen LogP contribution in [0.15, 0.2) is 29.5 Å². The Morgan fingerprint density at radius 1 is 1.27 bits per heavy atom. The largest absolute Gasteiger partial charge is 0.491 e. The number of aryl methyl sites for hydroxylation is 2. The lowest BCUT2D eigenvalue weighted by Crippen LogP contribution is -2.37. The number of ether oxygens (including phenoxy) is 2. The Morgan fingerprint density at radius 2 is 2.12 bits per heavy atom. The molecule has 0 radical (unpaired) electrons. The van der Waals surface area contributed by atoms with E-state index in [1.807, 2.05) is 37.6 Å².